The Kier molecular flexibility index (Phi) is 3.13. The molecule has 0 spiro atoms. The maximum atomic E-state index is 11.0. The summed E-state index contributed by atoms with van der Waals surface area (Å²) in [6.45, 7) is 3.68. The summed E-state index contributed by atoms with van der Waals surface area (Å²) >= 11 is 0. The van der Waals surface area contributed by atoms with Gasteiger partial charge in [-0.05, 0) is 25.5 Å². The summed E-state index contributed by atoms with van der Waals surface area (Å²) in [6, 6.07) is 6.88. The monoisotopic (exact) mass is 231 g/mol. The lowest BCUT2D eigenvalue weighted by Gasteiger charge is -2.18. The topological polar surface area (TPSA) is 58.0 Å². The first-order valence-electron chi connectivity index (χ1n) is 5.81. The standard InChI is InChI=1S/C13H16N2O2/c1-3-6-12-14-10-7-4-5-8-11(10)15(12)9(2)13(16)17/h4-5,7-9H,3,6H2,1-2H3,(H,16,17)/p-1/t9-/m1/s1. The molecule has 2 rings (SSSR count). The summed E-state index contributed by atoms with van der Waals surface area (Å²) < 4.78 is 1.76. The number of hydrogen-bond donors (Lipinski definition) is 0. The molecule has 0 bridgehead atoms. The van der Waals surface area contributed by atoms with Crippen LogP contribution in [0.15, 0.2) is 24.3 Å². The summed E-state index contributed by atoms with van der Waals surface area (Å²) in [4.78, 5) is 15.5. The molecular formula is C13H15N2O2-. The smallest absolute Gasteiger partial charge is 0.110 e. The van der Waals surface area contributed by atoms with E-state index >= 15 is 0 Å². The van der Waals surface area contributed by atoms with Crippen LogP contribution in [-0.4, -0.2) is 15.5 Å². The summed E-state index contributed by atoms with van der Waals surface area (Å²) in [6.07, 6.45) is 1.70. The fourth-order valence-corrected chi connectivity index (χ4v) is 2.03. The lowest BCUT2D eigenvalue weighted by molar-refractivity contribution is -0.309. The van der Waals surface area contributed by atoms with Gasteiger partial charge in [0.2, 0.25) is 0 Å². The van der Waals surface area contributed by atoms with Crippen LogP contribution in [0.2, 0.25) is 0 Å². The number of carboxylic acid groups (broad SMARTS) is 1. The second kappa shape index (κ2) is 4.57. The fraction of sp³-hybridized carbons (Fsp3) is 0.385. The minimum absolute atomic E-state index is 0.691. The van der Waals surface area contributed by atoms with Gasteiger partial charge in [0.15, 0.2) is 0 Å². The lowest BCUT2D eigenvalue weighted by Crippen LogP contribution is -2.32. The number of carboxylic acids is 1. The van der Waals surface area contributed by atoms with Crippen LogP contribution in [0.5, 0.6) is 0 Å². The van der Waals surface area contributed by atoms with Crippen molar-refractivity contribution in [3.05, 3.63) is 30.1 Å². The van der Waals surface area contributed by atoms with Crippen LogP contribution in [0.25, 0.3) is 11.0 Å². The number of carbonyl (C=O) groups excluding carboxylic acids is 1. The number of fused-ring (bicyclic) bond motifs is 1. The maximum Gasteiger partial charge on any atom is 0.110 e. The Bertz CT molecular complexity index is 545. The fourth-order valence-electron chi connectivity index (χ4n) is 2.03. The highest BCUT2D eigenvalue weighted by atomic mass is 16.4. The van der Waals surface area contributed by atoms with E-state index in [4.69, 9.17) is 0 Å². The van der Waals surface area contributed by atoms with Crippen molar-refractivity contribution in [3.8, 4) is 0 Å². The Labute approximate surface area is 99.9 Å². The molecule has 0 unspecified atom stereocenters. The van der Waals surface area contributed by atoms with E-state index in [1.165, 1.54) is 0 Å². The summed E-state index contributed by atoms with van der Waals surface area (Å²) in [7, 11) is 0. The Balaban J connectivity index is 2.63. The van der Waals surface area contributed by atoms with Gasteiger partial charge in [-0.2, -0.15) is 0 Å². The Hall–Kier alpha value is -1.84. The third-order valence-electron chi connectivity index (χ3n) is 2.87. The van der Waals surface area contributed by atoms with E-state index < -0.39 is 12.0 Å². The molecule has 0 N–H and O–H groups in total. The summed E-state index contributed by atoms with van der Waals surface area (Å²) in [5.41, 5.74) is 1.69. The van der Waals surface area contributed by atoms with Crippen LogP contribution in [0.4, 0.5) is 0 Å². The third kappa shape index (κ3) is 2.02. The molecule has 0 radical (unpaired) electrons. The highest BCUT2D eigenvalue weighted by Gasteiger charge is 2.15. The number of para-hydroxylation sites is 2. The number of benzene rings is 1. The van der Waals surface area contributed by atoms with Crippen LogP contribution >= 0.6 is 0 Å². The molecule has 2 aromatic rings. The van der Waals surface area contributed by atoms with Gasteiger partial charge in [-0.25, -0.2) is 4.98 Å². The van der Waals surface area contributed by atoms with Gasteiger partial charge in [-0.3, -0.25) is 0 Å². The molecule has 0 aliphatic heterocycles. The van der Waals surface area contributed by atoms with Gasteiger partial charge in [0.05, 0.1) is 23.0 Å². The van der Waals surface area contributed by atoms with Crippen molar-refractivity contribution in [2.45, 2.75) is 32.7 Å². The molecule has 0 saturated heterocycles. The quantitative estimate of drug-likeness (QED) is 0.797. The molecule has 4 heteroatoms. The number of aromatic nitrogens is 2. The van der Waals surface area contributed by atoms with Crippen molar-refractivity contribution in [1.29, 1.82) is 0 Å². The van der Waals surface area contributed by atoms with E-state index in [2.05, 4.69) is 4.98 Å². The first-order valence-corrected chi connectivity index (χ1v) is 5.81. The number of aliphatic carboxylic acids is 1. The normalized spacial score (nSPS) is 12.8. The number of hydrogen-bond acceptors (Lipinski definition) is 3. The van der Waals surface area contributed by atoms with Crippen molar-refractivity contribution >= 4 is 17.0 Å². The zero-order valence-electron chi connectivity index (χ0n) is 10.0. The van der Waals surface area contributed by atoms with Crippen molar-refractivity contribution in [3.63, 3.8) is 0 Å². The molecule has 1 heterocycles. The summed E-state index contributed by atoms with van der Waals surface area (Å²) in [5, 5.41) is 11.0. The summed E-state index contributed by atoms with van der Waals surface area (Å²) in [5.74, 6) is -0.268. The van der Waals surface area contributed by atoms with E-state index in [9.17, 15) is 9.90 Å². The second-order valence-electron chi connectivity index (χ2n) is 4.13. The molecule has 90 valence electrons. The van der Waals surface area contributed by atoms with Crippen molar-refractivity contribution in [1.82, 2.24) is 9.55 Å². The number of imidazole rings is 1. The molecule has 0 saturated carbocycles. The number of rotatable bonds is 4. The molecule has 0 aliphatic carbocycles. The van der Waals surface area contributed by atoms with E-state index in [-0.39, 0.29) is 0 Å². The molecule has 0 aliphatic rings. The van der Waals surface area contributed by atoms with Crippen molar-refractivity contribution < 1.29 is 9.90 Å². The second-order valence-corrected chi connectivity index (χ2v) is 4.13. The first-order chi connectivity index (χ1) is 8.15. The predicted molar refractivity (Wildman–Crippen MR) is 63.4 cm³/mol. The number of aryl methyl sites for hydroxylation is 1. The van der Waals surface area contributed by atoms with Crippen LogP contribution in [0, 0.1) is 0 Å². The van der Waals surface area contributed by atoms with Crippen molar-refractivity contribution in [2.24, 2.45) is 0 Å². The average molecular weight is 231 g/mol. The molecule has 1 aromatic heterocycles. The van der Waals surface area contributed by atoms with Gasteiger partial charge >= 0.3 is 0 Å². The van der Waals surface area contributed by atoms with E-state index in [0.29, 0.717) is 0 Å². The minimum Gasteiger partial charge on any atom is -0.548 e. The third-order valence-corrected chi connectivity index (χ3v) is 2.87. The van der Waals surface area contributed by atoms with E-state index in [1.807, 2.05) is 31.2 Å². The zero-order valence-corrected chi connectivity index (χ0v) is 10.0. The SMILES string of the molecule is CCCc1nc2ccccc2n1[C@H](C)C(=O)[O-]. The van der Waals surface area contributed by atoms with Crippen molar-refractivity contribution in [2.75, 3.05) is 0 Å². The highest BCUT2D eigenvalue weighted by molar-refractivity contribution is 5.79. The molecular weight excluding hydrogens is 216 g/mol. The molecule has 0 fully saturated rings. The lowest BCUT2D eigenvalue weighted by atomic mass is 10.2. The van der Waals surface area contributed by atoms with Crippen LogP contribution in [-0.2, 0) is 11.2 Å². The molecule has 1 aromatic carbocycles. The van der Waals surface area contributed by atoms with Crippen LogP contribution in [0.1, 0.15) is 32.1 Å². The van der Waals surface area contributed by atoms with Gasteiger partial charge in [-0.1, -0.05) is 19.1 Å². The highest BCUT2D eigenvalue weighted by Crippen LogP contribution is 2.21. The molecule has 17 heavy (non-hydrogen) atoms. The Morgan fingerprint density at radius 3 is 2.82 bits per heavy atom. The first kappa shape index (κ1) is 11.6. The number of carbonyl (C=O) groups is 1. The minimum atomic E-state index is -1.08. The predicted octanol–water partition coefficient (Wildman–Crippen LogP) is 1.30. The Morgan fingerprint density at radius 1 is 1.47 bits per heavy atom. The number of nitrogens with zero attached hydrogens (tertiary/aromatic N) is 2. The van der Waals surface area contributed by atoms with E-state index in [1.54, 1.807) is 11.5 Å². The van der Waals surface area contributed by atoms with Gasteiger partial charge in [0, 0.05) is 6.42 Å². The van der Waals surface area contributed by atoms with Crippen LogP contribution < -0.4 is 5.11 Å². The van der Waals surface area contributed by atoms with Gasteiger partial charge in [0.1, 0.15) is 5.82 Å². The Morgan fingerprint density at radius 2 is 2.18 bits per heavy atom. The van der Waals surface area contributed by atoms with E-state index in [0.717, 1.165) is 29.7 Å². The zero-order chi connectivity index (χ0) is 12.4. The molecule has 4 nitrogen and oxygen atoms in total. The van der Waals surface area contributed by atoms with Gasteiger partial charge in [0.25, 0.3) is 0 Å². The van der Waals surface area contributed by atoms with Gasteiger partial charge in [-0.15, -0.1) is 0 Å². The molecule has 0 amide bonds. The average Bonchev–Trinajstić information content (AvgIpc) is 2.66. The maximum absolute atomic E-state index is 11.0. The van der Waals surface area contributed by atoms with Gasteiger partial charge < -0.3 is 14.5 Å². The van der Waals surface area contributed by atoms with Crippen LogP contribution in [0.3, 0.4) is 0 Å². The largest absolute Gasteiger partial charge is 0.548 e. The molecule has 1 atom stereocenters.